The molecule has 0 aromatic rings. The summed E-state index contributed by atoms with van der Waals surface area (Å²) in [6.07, 6.45) is -7.87. The van der Waals surface area contributed by atoms with E-state index in [9.17, 15) is 83.4 Å². The quantitative estimate of drug-likeness (QED) is 0.169. The first-order valence-electron chi connectivity index (χ1n) is 5.78. The van der Waals surface area contributed by atoms with Crippen molar-refractivity contribution in [2.24, 2.45) is 0 Å². The van der Waals surface area contributed by atoms with Crippen LogP contribution in [0.1, 0.15) is 0 Å². The van der Waals surface area contributed by atoms with Gasteiger partial charge in [-0.05, 0) is 0 Å². The molecular formula is C9F19I. The van der Waals surface area contributed by atoms with Gasteiger partial charge in [-0.2, -0.15) is 83.4 Å². The van der Waals surface area contributed by atoms with E-state index in [0.717, 1.165) is 0 Å². The molecule has 20 heteroatoms. The molecule has 0 aliphatic rings. The van der Waals surface area contributed by atoms with Gasteiger partial charge in [0, 0.05) is 22.6 Å². The van der Waals surface area contributed by atoms with Gasteiger partial charge in [0.2, 0.25) is 0 Å². The minimum Gasteiger partial charge on any atom is -0.192 e. The third-order valence-electron chi connectivity index (χ3n) is 3.08. The van der Waals surface area contributed by atoms with E-state index in [4.69, 9.17) is 0 Å². The molecule has 0 saturated heterocycles. The highest BCUT2D eigenvalue weighted by Gasteiger charge is 2.96. The highest BCUT2D eigenvalue weighted by atomic mass is 127. The molecule has 29 heavy (non-hydrogen) atoms. The van der Waals surface area contributed by atoms with Crippen LogP contribution in [-0.4, -0.2) is 51.6 Å². The summed E-state index contributed by atoms with van der Waals surface area (Å²) in [7, 11) is 0. The van der Waals surface area contributed by atoms with Gasteiger partial charge in [0.05, 0.1) is 0 Å². The summed E-state index contributed by atoms with van der Waals surface area (Å²) in [5, 5.41) is 0. The number of hydrogen-bond donors (Lipinski definition) is 0. The van der Waals surface area contributed by atoms with E-state index in [-0.39, 0.29) is 0 Å². The van der Waals surface area contributed by atoms with Crippen LogP contribution in [-0.2, 0) is 0 Å². The minimum absolute atomic E-state index is 1.07. The monoisotopic (exact) mass is 596 g/mol. The Balaban J connectivity index is 6.82. The van der Waals surface area contributed by atoms with Crippen LogP contribution in [0.3, 0.4) is 0 Å². The lowest BCUT2D eigenvalue weighted by atomic mass is 9.89. The number of alkyl halides is 20. The van der Waals surface area contributed by atoms with Gasteiger partial charge in [-0.25, -0.2) is 0 Å². The first kappa shape index (κ1) is 28.4. The maximum atomic E-state index is 13.1. The van der Waals surface area contributed by atoms with Crippen LogP contribution in [0.2, 0.25) is 0 Å². The van der Waals surface area contributed by atoms with Crippen molar-refractivity contribution in [2.45, 2.75) is 51.6 Å². The average Bonchev–Trinajstić information content (AvgIpc) is 2.43. The molecule has 0 saturated carbocycles. The van der Waals surface area contributed by atoms with Gasteiger partial charge >= 0.3 is 51.6 Å². The molecule has 0 unspecified atom stereocenters. The molecule has 176 valence electrons. The van der Waals surface area contributed by atoms with Gasteiger partial charge in [0.15, 0.2) is 0 Å². The molecule has 0 amide bonds. The van der Waals surface area contributed by atoms with Crippen LogP contribution in [0.25, 0.3) is 0 Å². The van der Waals surface area contributed by atoms with Crippen LogP contribution in [0.4, 0.5) is 83.4 Å². The predicted octanol–water partition coefficient (Wildman–Crippen LogP) is 7.02. The second-order valence-electron chi connectivity index (χ2n) is 5.02. The molecule has 0 nitrogen and oxygen atoms in total. The first-order chi connectivity index (χ1) is 12.0. The highest BCUT2D eigenvalue weighted by Crippen LogP contribution is 2.65. The predicted molar refractivity (Wildman–Crippen MR) is 59.7 cm³/mol. The standard InChI is InChI=1S/C9F19I/c10-1(11,2(12,13)4(16,17)6(20,21)8(24,25)26)3(14,15)5(18,19)7(22,23)9(27,28)29. The molecule has 0 bridgehead atoms. The zero-order chi connectivity index (χ0) is 24.5. The third-order valence-corrected chi connectivity index (χ3v) is 3.76. The Morgan fingerprint density at radius 3 is 0.621 bits per heavy atom. The summed E-state index contributed by atoms with van der Waals surface area (Å²) in [5.74, 6) is -59.4. The Morgan fingerprint density at radius 1 is 0.276 bits per heavy atom. The largest absolute Gasteiger partial charge is 0.460 e. The lowest BCUT2D eigenvalue weighted by Gasteiger charge is -2.43. The summed E-state index contributed by atoms with van der Waals surface area (Å²) in [5.41, 5.74) is 0. The Kier molecular flexibility index (Phi) is 6.56. The number of hydrogen-bond acceptors (Lipinski definition) is 0. The Hall–Kier alpha value is -0.600. The lowest BCUT2D eigenvalue weighted by molar-refractivity contribution is -0.465. The first-order valence-corrected chi connectivity index (χ1v) is 6.86. The molecule has 0 spiro atoms. The van der Waals surface area contributed by atoms with Gasteiger partial charge in [-0.1, -0.05) is 0 Å². The van der Waals surface area contributed by atoms with Crippen LogP contribution < -0.4 is 0 Å². The van der Waals surface area contributed by atoms with E-state index in [1.54, 1.807) is 0 Å². The zero-order valence-corrected chi connectivity index (χ0v) is 14.2. The van der Waals surface area contributed by atoms with Crippen molar-refractivity contribution in [3.63, 3.8) is 0 Å². The van der Waals surface area contributed by atoms with E-state index in [2.05, 4.69) is 0 Å². The molecule has 0 heterocycles. The van der Waals surface area contributed by atoms with E-state index in [0.29, 0.717) is 0 Å². The maximum absolute atomic E-state index is 13.1. The molecule has 0 N–H and O–H groups in total. The zero-order valence-electron chi connectivity index (χ0n) is 12.1. The smallest absolute Gasteiger partial charge is 0.192 e. The third kappa shape index (κ3) is 3.47. The van der Waals surface area contributed by atoms with Gasteiger partial charge in [-0.3, -0.25) is 0 Å². The summed E-state index contributed by atoms with van der Waals surface area (Å²) < 4.78 is 234. The molecular weight excluding hydrogens is 596 g/mol. The topological polar surface area (TPSA) is 0 Å². The van der Waals surface area contributed by atoms with Crippen molar-refractivity contribution in [2.75, 3.05) is 0 Å². The minimum atomic E-state index is -8.85. The number of halogens is 20. The Bertz CT molecular complexity index is 554. The van der Waals surface area contributed by atoms with Crippen molar-refractivity contribution < 1.29 is 83.4 Å². The summed E-state index contributed by atoms with van der Waals surface area (Å²) in [6, 6.07) is 0. The second kappa shape index (κ2) is 6.70. The number of rotatable bonds is 7. The fraction of sp³-hybridized carbons (Fsp3) is 1.00. The summed E-state index contributed by atoms with van der Waals surface area (Å²) in [6.45, 7) is 0. The van der Waals surface area contributed by atoms with Gasteiger partial charge in [-0.15, -0.1) is 0 Å². The van der Waals surface area contributed by atoms with Crippen LogP contribution in [0.15, 0.2) is 0 Å². The fourth-order valence-electron chi connectivity index (χ4n) is 1.34. The lowest BCUT2D eigenvalue weighted by Crippen LogP contribution is -2.75. The normalized spacial score (nSPS) is 17.0. The van der Waals surface area contributed by atoms with E-state index < -0.39 is 74.2 Å². The molecule has 0 fully saturated rings. The van der Waals surface area contributed by atoms with Crippen LogP contribution in [0, 0.1) is 0 Å². The van der Waals surface area contributed by atoms with E-state index in [1.807, 2.05) is 0 Å². The fourth-order valence-corrected chi connectivity index (χ4v) is 1.68. The van der Waals surface area contributed by atoms with Crippen molar-refractivity contribution in [1.29, 1.82) is 0 Å². The van der Waals surface area contributed by atoms with Crippen molar-refractivity contribution in [1.82, 2.24) is 0 Å². The molecule has 0 rings (SSSR count). The van der Waals surface area contributed by atoms with E-state index in [1.165, 1.54) is 0 Å². The van der Waals surface area contributed by atoms with Gasteiger partial charge in [0.25, 0.3) is 0 Å². The molecule has 0 aromatic heterocycles. The highest BCUT2D eigenvalue weighted by molar-refractivity contribution is 14.1. The SMILES string of the molecule is FC(F)(F)C(F)(F)C(F)(F)C(F)(F)C(F)(F)C(F)(F)C(F)(F)C(F)(F)C(F)(F)I. The van der Waals surface area contributed by atoms with Crippen molar-refractivity contribution >= 4 is 22.6 Å². The summed E-state index contributed by atoms with van der Waals surface area (Å²) >= 11 is -1.07. The Morgan fingerprint density at radius 2 is 0.448 bits per heavy atom. The maximum Gasteiger partial charge on any atom is 0.460 e. The van der Waals surface area contributed by atoms with Crippen LogP contribution >= 0.6 is 22.6 Å². The molecule has 0 aromatic carbocycles. The van der Waals surface area contributed by atoms with Gasteiger partial charge in [0.1, 0.15) is 0 Å². The molecule has 0 radical (unpaired) electrons. The van der Waals surface area contributed by atoms with Gasteiger partial charge < -0.3 is 0 Å². The molecule has 0 atom stereocenters. The molecule has 0 aliphatic heterocycles. The molecule has 0 aliphatic carbocycles. The van der Waals surface area contributed by atoms with Crippen molar-refractivity contribution in [3.05, 3.63) is 0 Å². The second-order valence-corrected chi connectivity index (χ2v) is 6.37. The van der Waals surface area contributed by atoms with E-state index >= 15 is 0 Å². The van der Waals surface area contributed by atoms with Crippen LogP contribution in [0.5, 0.6) is 0 Å². The summed E-state index contributed by atoms with van der Waals surface area (Å²) in [4.78, 5) is 0. The van der Waals surface area contributed by atoms with Crippen molar-refractivity contribution in [3.8, 4) is 0 Å². The Labute approximate surface area is 158 Å². The average molecular weight is 596 g/mol.